The van der Waals surface area contributed by atoms with Crippen LogP contribution in [-0.2, 0) is 10.2 Å². The average Bonchev–Trinajstić information content (AvgIpc) is 3.26. The summed E-state index contributed by atoms with van der Waals surface area (Å²) in [5.41, 5.74) is 3.85. The molecule has 148 valence electrons. The van der Waals surface area contributed by atoms with Gasteiger partial charge in [0.1, 0.15) is 17.5 Å². The summed E-state index contributed by atoms with van der Waals surface area (Å²) < 4.78 is 12.2. The molecule has 1 aliphatic carbocycles. The molecule has 3 rings (SSSR count). The van der Waals surface area contributed by atoms with Gasteiger partial charge < -0.3 is 9.47 Å². The summed E-state index contributed by atoms with van der Waals surface area (Å²) in [6.07, 6.45) is 4.36. The van der Waals surface area contributed by atoms with Gasteiger partial charge in [-0.05, 0) is 52.5 Å². The van der Waals surface area contributed by atoms with Gasteiger partial charge in [0.15, 0.2) is 0 Å². The molecule has 1 unspecified atom stereocenters. The number of pyridine rings is 1. The third kappa shape index (κ3) is 5.32. The highest BCUT2D eigenvalue weighted by molar-refractivity contribution is 5.58. The Hall–Kier alpha value is -1.88. The number of aromatic amines is 1. The highest BCUT2D eigenvalue weighted by atomic mass is 16.5. The second kappa shape index (κ2) is 7.27. The van der Waals surface area contributed by atoms with Crippen LogP contribution < -0.4 is 4.74 Å². The summed E-state index contributed by atoms with van der Waals surface area (Å²) in [6.45, 7) is 15.3. The van der Waals surface area contributed by atoms with E-state index in [1.165, 1.54) is 18.4 Å². The van der Waals surface area contributed by atoms with Gasteiger partial charge in [-0.1, -0.05) is 20.8 Å². The maximum Gasteiger partial charge on any atom is 0.127 e. The normalized spacial score (nSPS) is 16.4. The summed E-state index contributed by atoms with van der Waals surface area (Å²) in [4.78, 5) is 4.67. The quantitative estimate of drug-likeness (QED) is 0.755. The largest absolute Gasteiger partial charge is 0.488 e. The summed E-state index contributed by atoms with van der Waals surface area (Å²) in [5.74, 6) is 1.48. The van der Waals surface area contributed by atoms with Crippen molar-refractivity contribution in [3.63, 3.8) is 0 Å². The number of nitrogens with one attached hydrogen (secondary N) is 1. The fourth-order valence-electron chi connectivity index (χ4n) is 2.85. The first-order valence-electron chi connectivity index (χ1n) is 9.90. The van der Waals surface area contributed by atoms with Crippen LogP contribution in [0.25, 0.3) is 11.4 Å². The summed E-state index contributed by atoms with van der Waals surface area (Å²) >= 11 is 0. The number of hydrogen-bond donors (Lipinski definition) is 1. The minimum atomic E-state index is -0.168. The van der Waals surface area contributed by atoms with E-state index in [-0.39, 0.29) is 17.1 Å². The van der Waals surface area contributed by atoms with Gasteiger partial charge >= 0.3 is 0 Å². The van der Waals surface area contributed by atoms with Crippen molar-refractivity contribution in [1.82, 2.24) is 15.2 Å². The van der Waals surface area contributed by atoms with Gasteiger partial charge in [-0.2, -0.15) is 5.10 Å². The SMILES string of the molecule is CC(COC(C)(C)C)Oc1cc(-c2cc(C(C)(C)C)[nH]n2)ncc1C1CC1. The van der Waals surface area contributed by atoms with E-state index in [1.54, 1.807) is 0 Å². The Morgan fingerprint density at radius 2 is 1.81 bits per heavy atom. The van der Waals surface area contributed by atoms with E-state index in [0.717, 1.165) is 22.8 Å². The lowest BCUT2D eigenvalue weighted by molar-refractivity contribution is -0.0376. The van der Waals surface area contributed by atoms with Gasteiger partial charge in [-0.3, -0.25) is 10.1 Å². The molecule has 0 aliphatic heterocycles. The Labute approximate surface area is 162 Å². The standard InChI is InChI=1S/C22H33N3O2/c1-14(13-26-22(5,6)7)27-19-10-17(23-12-16(19)15-8-9-15)18-11-20(25-24-18)21(2,3)4/h10-12,14-15H,8-9,13H2,1-7H3,(H,24,25). The molecule has 1 aliphatic rings. The zero-order chi connectivity index (χ0) is 19.8. The van der Waals surface area contributed by atoms with Crippen LogP contribution in [0.15, 0.2) is 18.3 Å². The van der Waals surface area contributed by atoms with Crippen LogP contribution in [0.5, 0.6) is 5.75 Å². The second-order valence-electron chi connectivity index (χ2n) is 9.65. The highest BCUT2D eigenvalue weighted by Crippen LogP contribution is 2.45. The maximum atomic E-state index is 6.28. The Kier molecular flexibility index (Phi) is 5.35. The predicted molar refractivity (Wildman–Crippen MR) is 108 cm³/mol. The molecule has 5 heteroatoms. The van der Waals surface area contributed by atoms with Crippen LogP contribution >= 0.6 is 0 Å². The molecule has 1 N–H and O–H groups in total. The van der Waals surface area contributed by atoms with E-state index in [1.807, 2.05) is 12.3 Å². The van der Waals surface area contributed by atoms with Gasteiger partial charge in [0.25, 0.3) is 0 Å². The van der Waals surface area contributed by atoms with Crippen LogP contribution in [0.4, 0.5) is 0 Å². The molecule has 5 nitrogen and oxygen atoms in total. The minimum absolute atomic E-state index is 0.0251. The molecule has 2 heterocycles. The fraction of sp³-hybridized carbons (Fsp3) is 0.636. The number of hydrogen-bond acceptors (Lipinski definition) is 4. The molecule has 0 amide bonds. The van der Waals surface area contributed by atoms with Crippen molar-refractivity contribution in [2.24, 2.45) is 0 Å². The Morgan fingerprint density at radius 3 is 2.37 bits per heavy atom. The van der Waals surface area contributed by atoms with E-state index in [2.05, 4.69) is 69.7 Å². The Balaban J connectivity index is 1.82. The van der Waals surface area contributed by atoms with E-state index in [0.29, 0.717) is 12.5 Å². The molecular formula is C22H33N3O2. The smallest absolute Gasteiger partial charge is 0.127 e. The molecule has 2 aromatic heterocycles. The van der Waals surface area contributed by atoms with Crippen molar-refractivity contribution >= 4 is 0 Å². The third-order valence-electron chi connectivity index (χ3n) is 4.64. The summed E-state index contributed by atoms with van der Waals surface area (Å²) in [5, 5.41) is 7.60. The van der Waals surface area contributed by atoms with E-state index in [4.69, 9.17) is 9.47 Å². The van der Waals surface area contributed by atoms with Crippen LogP contribution in [0.1, 0.15) is 78.5 Å². The first-order chi connectivity index (χ1) is 12.5. The fourth-order valence-corrected chi connectivity index (χ4v) is 2.85. The van der Waals surface area contributed by atoms with Crippen LogP contribution in [0.2, 0.25) is 0 Å². The van der Waals surface area contributed by atoms with Gasteiger partial charge in [0.2, 0.25) is 0 Å². The van der Waals surface area contributed by atoms with Crippen molar-refractivity contribution < 1.29 is 9.47 Å². The minimum Gasteiger partial charge on any atom is -0.488 e. The van der Waals surface area contributed by atoms with E-state index in [9.17, 15) is 0 Å². The van der Waals surface area contributed by atoms with Crippen molar-refractivity contribution in [3.8, 4) is 17.1 Å². The zero-order valence-corrected chi connectivity index (χ0v) is 17.7. The van der Waals surface area contributed by atoms with Crippen molar-refractivity contribution in [2.45, 2.75) is 84.3 Å². The Morgan fingerprint density at radius 1 is 1.11 bits per heavy atom. The average molecular weight is 372 g/mol. The highest BCUT2D eigenvalue weighted by Gasteiger charge is 2.29. The lowest BCUT2D eigenvalue weighted by atomic mass is 9.92. The maximum absolute atomic E-state index is 6.28. The Bertz CT molecular complexity index is 780. The number of ether oxygens (including phenoxy) is 2. The lowest BCUT2D eigenvalue weighted by Crippen LogP contribution is -2.28. The van der Waals surface area contributed by atoms with Gasteiger partial charge in [0, 0.05) is 28.9 Å². The zero-order valence-electron chi connectivity index (χ0n) is 17.7. The lowest BCUT2D eigenvalue weighted by Gasteiger charge is -2.24. The molecule has 27 heavy (non-hydrogen) atoms. The van der Waals surface area contributed by atoms with Gasteiger partial charge in [-0.15, -0.1) is 0 Å². The number of rotatable bonds is 6. The number of H-pyrrole nitrogens is 1. The van der Waals surface area contributed by atoms with Crippen molar-refractivity contribution in [1.29, 1.82) is 0 Å². The molecule has 0 radical (unpaired) electrons. The molecule has 1 atom stereocenters. The number of aromatic nitrogens is 3. The van der Waals surface area contributed by atoms with Crippen LogP contribution in [0, 0.1) is 0 Å². The molecule has 0 aromatic carbocycles. The third-order valence-corrected chi connectivity index (χ3v) is 4.64. The topological polar surface area (TPSA) is 60.0 Å². The molecular weight excluding hydrogens is 338 g/mol. The second-order valence-corrected chi connectivity index (χ2v) is 9.65. The molecule has 1 fully saturated rings. The molecule has 2 aromatic rings. The summed E-state index contributed by atoms with van der Waals surface area (Å²) in [7, 11) is 0. The first-order valence-corrected chi connectivity index (χ1v) is 9.90. The van der Waals surface area contributed by atoms with E-state index < -0.39 is 0 Å². The molecule has 1 saturated carbocycles. The van der Waals surface area contributed by atoms with Crippen LogP contribution in [-0.4, -0.2) is 33.5 Å². The monoisotopic (exact) mass is 371 g/mol. The molecule has 0 saturated heterocycles. The van der Waals surface area contributed by atoms with E-state index >= 15 is 0 Å². The van der Waals surface area contributed by atoms with Gasteiger partial charge in [-0.25, -0.2) is 0 Å². The first kappa shape index (κ1) is 19.9. The van der Waals surface area contributed by atoms with Crippen molar-refractivity contribution in [3.05, 3.63) is 29.6 Å². The van der Waals surface area contributed by atoms with Crippen molar-refractivity contribution in [2.75, 3.05) is 6.61 Å². The number of nitrogens with zero attached hydrogens (tertiary/aromatic N) is 2. The molecule has 0 spiro atoms. The molecule has 0 bridgehead atoms. The van der Waals surface area contributed by atoms with Crippen LogP contribution in [0.3, 0.4) is 0 Å². The predicted octanol–water partition coefficient (Wildman–Crippen LogP) is 5.23. The van der Waals surface area contributed by atoms with Gasteiger partial charge in [0.05, 0.1) is 17.9 Å². The summed E-state index contributed by atoms with van der Waals surface area (Å²) in [6, 6.07) is 4.11.